The first kappa shape index (κ1) is 21.1. The van der Waals surface area contributed by atoms with Gasteiger partial charge >= 0.3 is 17.6 Å². The van der Waals surface area contributed by atoms with Crippen molar-refractivity contribution in [3.05, 3.63) is 45.3 Å². The maximum absolute atomic E-state index is 12.7. The summed E-state index contributed by atoms with van der Waals surface area (Å²) in [5.41, 5.74) is 1.57. The van der Waals surface area contributed by atoms with Crippen LogP contribution in [0.5, 0.6) is 0 Å². The van der Waals surface area contributed by atoms with Crippen molar-refractivity contribution in [2.75, 3.05) is 6.54 Å². The summed E-state index contributed by atoms with van der Waals surface area (Å²) in [4.78, 5) is 50.2. The van der Waals surface area contributed by atoms with Crippen molar-refractivity contribution in [1.29, 1.82) is 0 Å². The van der Waals surface area contributed by atoms with Crippen LogP contribution >= 0.6 is 0 Å². The maximum Gasteiger partial charge on any atom is 0.336 e. The van der Waals surface area contributed by atoms with Gasteiger partial charge in [0.05, 0.1) is 0 Å². The van der Waals surface area contributed by atoms with Crippen LogP contribution in [0.25, 0.3) is 11.0 Å². The predicted molar refractivity (Wildman–Crippen MR) is 112 cm³/mol. The smallest absolute Gasteiger partial charge is 0.336 e. The molecular formula is C23H26N2O6. The molecule has 3 amide bonds. The summed E-state index contributed by atoms with van der Waals surface area (Å²) in [6, 6.07) is 4.47. The van der Waals surface area contributed by atoms with Crippen molar-refractivity contribution in [3.63, 3.8) is 0 Å². The van der Waals surface area contributed by atoms with E-state index in [0.29, 0.717) is 16.5 Å². The monoisotopic (exact) mass is 426 g/mol. The summed E-state index contributed by atoms with van der Waals surface area (Å²) in [6.45, 7) is 7.16. The van der Waals surface area contributed by atoms with Gasteiger partial charge in [-0.1, -0.05) is 13.8 Å². The molecule has 1 aromatic heterocycles. The van der Waals surface area contributed by atoms with Crippen molar-refractivity contribution in [2.24, 2.45) is 5.92 Å². The lowest BCUT2D eigenvalue weighted by atomic mass is 9.95. The summed E-state index contributed by atoms with van der Waals surface area (Å²) in [5, 5.41) is 3.39. The first-order valence-electron chi connectivity index (χ1n) is 10.5. The molecule has 1 N–H and O–H groups in total. The molecule has 2 aliphatic rings. The molecular weight excluding hydrogens is 400 g/mol. The molecule has 2 fully saturated rings. The Morgan fingerprint density at radius 2 is 1.97 bits per heavy atom. The number of nitrogens with one attached hydrogen (secondary N) is 1. The Kier molecular flexibility index (Phi) is 5.11. The number of fused-ring (bicyclic) bond motifs is 1. The molecule has 0 spiro atoms. The molecule has 1 saturated carbocycles. The third-order valence-corrected chi connectivity index (χ3v) is 6.21. The number of rotatable bonds is 6. The van der Waals surface area contributed by atoms with Gasteiger partial charge in [0, 0.05) is 17.0 Å². The van der Waals surface area contributed by atoms with Gasteiger partial charge in [0.1, 0.15) is 24.3 Å². The largest absolute Gasteiger partial charge is 0.459 e. The van der Waals surface area contributed by atoms with Crippen LogP contribution in [0, 0.1) is 12.8 Å². The first-order chi connectivity index (χ1) is 14.6. The molecule has 1 atom stereocenters. The van der Waals surface area contributed by atoms with Crippen molar-refractivity contribution in [3.8, 4) is 0 Å². The Balaban J connectivity index is 1.50. The number of carbonyl (C=O) groups excluding carboxylic acids is 3. The van der Waals surface area contributed by atoms with Gasteiger partial charge in [-0.25, -0.2) is 9.59 Å². The molecule has 1 aliphatic carbocycles. The Morgan fingerprint density at radius 1 is 1.26 bits per heavy atom. The molecule has 164 valence electrons. The highest BCUT2D eigenvalue weighted by molar-refractivity contribution is 6.08. The summed E-state index contributed by atoms with van der Waals surface area (Å²) >= 11 is 0. The minimum Gasteiger partial charge on any atom is -0.459 e. The maximum atomic E-state index is 12.7. The number of imide groups is 1. The number of aryl methyl sites for hydroxylation is 1. The van der Waals surface area contributed by atoms with Crippen LogP contribution in [0.1, 0.15) is 56.2 Å². The summed E-state index contributed by atoms with van der Waals surface area (Å²) in [5.74, 6) is -0.744. The van der Waals surface area contributed by atoms with E-state index in [2.05, 4.69) is 19.2 Å². The molecule has 31 heavy (non-hydrogen) atoms. The van der Waals surface area contributed by atoms with Crippen molar-refractivity contribution in [2.45, 2.75) is 58.6 Å². The number of benzene rings is 1. The van der Waals surface area contributed by atoms with Crippen LogP contribution in [-0.4, -0.2) is 34.9 Å². The Morgan fingerprint density at radius 3 is 2.61 bits per heavy atom. The molecule has 8 nitrogen and oxygen atoms in total. The number of ether oxygens (including phenoxy) is 1. The molecule has 2 aromatic rings. The molecule has 0 radical (unpaired) electrons. The zero-order valence-electron chi connectivity index (χ0n) is 18.1. The fraction of sp³-hybridized carbons (Fsp3) is 0.478. The second kappa shape index (κ2) is 7.51. The third-order valence-electron chi connectivity index (χ3n) is 6.21. The number of hydrogen-bond donors (Lipinski definition) is 1. The second-order valence-electron chi connectivity index (χ2n) is 8.91. The van der Waals surface area contributed by atoms with Gasteiger partial charge in [-0.2, -0.15) is 0 Å². The van der Waals surface area contributed by atoms with Crippen molar-refractivity contribution < 1.29 is 23.5 Å². The van der Waals surface area contributed by atoms with Crippen LogP contribution in [-0.2, 0) is 20.9 Å². The molecule has 2 heterocycles. The van der Waals surface area contributed by atoms with Crippen molar-refractivity contribution in [1.82, 2.24) is 10.2 Å². The quantitative estimate of drug-likeness (QED) is 0.432. The lowest BCUT2D eigenvalue weighted by Crippen LogP contribution is -2.46. The van der Waals surface area contributed by atoms with Crippen LogP contribution in [0.15, 0.2) is 27.4 Å². The fourth-order valence-corrected chi connectivity index (χ4v) is 4.26. The van der Waals surface area contributed by atoms with Crippen molar-refractivity contribution >= 4 is 28.9 Å². The number of hydrogen-bond acceptors (Lipinski definition) is 6. The van der Waals surface area contributed by atoms with E-state index in [9.17, 15) is 19.2 Å². The van der Waals surface area contributed by atoms with Gasteiger partial charge < -0.3 is 14.5 Å². The van der Waals surface area contributed by atoms with E-state index in [-0.39, 0.29) is 18.4 Å². The molecule has 1 aliphatic heterocycles. The Hall–Kier alpha value is -3.16. The molecule has 1 saturated heterocycles. The number of nitrogens with zero attached hydrogens (tertiary/aromatic N) is 1. The highest BCUT2D eigenvalue weighted by Crippen LogP contribution is 2.42. The normalized spacial score (nSPS) is 21.1. The SMILES string of the molecule is Cc1cc2oc(=O)cc(COC(=O)CN3C(=O)NC(C)(C4CC4)C3=O)c2cc1C(C)C. The lowest BCUT2D eigenvalue weighted by molar-refractivity contribution is -0.148. The van der Waals surface area contributed by atoms with Gasteiger partial charge in [0.15, 0.2) is 0 Å². The van der Waals surface area contributed by atoms with Crippen LogP contribution in [0.3, 0.4) is 0 Å². The topological polar surface area (TPSA) is 106 Å². The number of esters is 1. The number of urea groups is 1. The zero-order valence-corrected chi connectivity index (χ0v) is 18.1. The average Bonchev–Trinajstić information content (AvgIpc) is 3.51. The summed E-state index contributed by atoms with van der Waals surface area (Å²) in [7, 11) is 0. The van der Waals surface area contributed by atoms with E-state index >= 15 is 0 Å². The predicted octanol–water partition coefficient (Wildman–Crippen LogP) is 2.99. The van der Waals surface area contributed by atoms with E-state index in [0.717, 1.165) is 28.9 Å². The van der Waals surface area contributed by atoms with Crippen LogP contribution in [0.4, 0.5) is 4.79 Å². The molecule has 4 rings (SSSR count). The Bertz CT molecular complexity index is 1150. The van der Waals surface area contributed by atoms with Crippen LogP contribution in [0.2, 0.25) is 0 Å². The molecule has 1 aromatic carbocycles. The second-order valence-corrected chi connectivity index (χ2v) is 8.91. The van der Waals surface area contributed by atoms with E-state index in [4.69, 9.17) is 9.15 Å². The molecule has 8 heteroatoms. The Labute approximate surface area is 179 Å². The highest BCUT2D eigenvalue weighted by Gasteiger charge is 2.56. The summed E-state index contributed by atoms with van der Waals surface area (Å²) < 4.78 is 10.6. The molecule has 1 unspecified atom stereocenters. The minimum absolute atomic E-state index is 0.110. The van der Waals surface area contributed by atoms with Crippen LogP contribution < -0.4 is 10.9 Å². The third kappa shape index (κ3) is 3.82. The average molecular weight is 426 g/mol. The molecule has 0 bridgehead atoms. The number of amides is 3. The van der Waals surface area contributed by atoms with E-state index in [1.54, 1.807) is 6.92 Å². The minimum atomic E-state index is -0.947. The van der Waals surface area contributed by atoms with Gasteiger partial charge in [0.25, 0.3) is 5.91 Å². The summed E-state index contributed by atoms with van der Waals surface area (Å²) in [6.07, 6.45) is 1.75. The standard InChI is InChI=1S/C23H26N2O6/c1-12(2)16-9-17-14(8-19(26)31-18(17)7-13(16)3)11-30-20(27)10-25-21(28)23(4,15-5-6-15)24-22(25)29/h7-9,12,15H,5-6,10-11H2,1-4H3,(H,24,29). The highest BCUT2D eigenvalue weighted by atomic mass is 16.5. The van der Waals surface area contributed by atoms with Gasteiger partial charge in [0.2, 0.25) is 0 Å². The number of carbonyl (C=O) groups is 3. The van der Waals surface area contributed by atoms with E-state index in [1.807, 2.05) is 19.1 Å². The first-order valence-corrected chi connectivity index (χ1v) is 10.5. The zero-order chi connectivity index (χ0) is 22.5. The van der Waals surface area contributed by atoms with Gasteiger partial charge in [-0.15, -0.1) is 0 Å². The van der Waals surface area contributed by atoms with E-state index in [1.165, 1.54) is 6.07 Å². The lowest BCUT2D eigenvalue weighted by Gasteiger charge is -2.20. The van der Waals surface area contributed by atoms with E-state index < -0.39 is 35.6 Å². The fourth-order valence-electron chi connectivity index (χ4n) is 4.26. The van der Waals surface area contributed by atoms with Gasteiger partial charge in [-0.05, 0) is 61.8 Å². The van der Waals surface area contributed by atoms with Gasteiger partial charge in [-0.3, -0.25) is 14.5 Å².